The third-order valence-corrected chi connectivity index (χ3v) is 10.4. The monoisotopic (exact) mass is 652 g/mol. The molecule has 0 aromatic heterocycles. The summed E-state index contributed by atoms with van der Waals surface area (Å²) in [5, 5.41) is 1.45. The van der Waals surface area contributed by atoms with Gasteiger partial charge in [-0.1, -0.05) is 128 Å². The van der Waals surface area contributed by atoms with Gasteiger partial charge in [0.25, 0.3) is 0 Å². The zero-order valence-electron chi connectivity index (χ0n) is 29.8. The Kier molecular flexibility index (Phi) is 18.3. The summed E-state index contributed by atoms with van der Waals surface area (Å²) in [5.74, 6) is 2.37. The van der Waals surface area contributed by atoms with E-state index in [4.69, 9.17) is 9.47 Å². The van der Waals surface area contributed by atoms with Gasteiger partial charge in [-0.3, -0.25) is 0 Å². The molecule has 0 N–H and O–H groups in total. The molecule has 3 rings (SSSR count). The third kappa shape index (κ3) is 14.7. The zero-order valence-corrected chi connectivity index (χ0v) is 30.8. The Morgan fingerprint density at radius 2 is 1.53 bits per heavy atom. The molecule has 0 amide bonds. The maximum absolute atomic E-state index is 6.03. The largest absolute Gasteiger partial charge is 0.497 e. The molecule has 3 aromatic rings. The number of hydrogen-bond donors (Lipinski definition) is 0. The van der Waals surface area contributed by atoms with Crippen molar-refractivity contribution in [2.24, 2.45) is 5.92 Å². The second kappa shape index (κ2) is 22.5. The Morgan fingerprint density at radius 3 is 2.26 bits per heavy atom. The normalized spacial score (nSPS) is 11.9. The molecule has 2 atom stereocenters. The van der Waals surface area contributed by atoms with Crippen molar-refractivity contribution >= 4 is 25.2 Å². The lowest BCUT2D eigenvalue weighted by Gasteiger charge is -2.20. The molecule has 0 saturated heterocycles. The molecule has 2 nitrogen and oxygen atoms in total. The number of hydrogen-bond acceptors (Lipinski definition) is 2. The van der Waals surface area contributed by atoms with E-state index in [1.54, 1.807) is 7.11 Å². The fourth-order valence-electron chi connectivity index (χ4n) is 6.24. The molecule has 2 unspecified atom stereocenters. The van der Waals surface area contributed by atoms with E-state index in [1.807, 2.05) is 0 Å². The van der Waals surface area contributed by atoms with Gasteiger partial charge < -0.3 is 9.47 Å². The van der Waals surface area contributed by atoms with E-state index in [2.05, 4.69) is 106 Å². The van der Waals surface area contributed by atoms with Crippen LogP contribution in [0.5, 0.6) is 5.75 Å². The Bertz CT molecular complexity index is 1340. The van der Waals surface area contributed by atoms with Crippen molar-refractivity contribution in [1.82, 2.24) is 0 Å². The maximum Gasteiger partial charge on any atom is 0.119 e. The lowest BCUT2D eigenvalue weighted by Crippen LogP contribution is -2.04. The van der Waals surface area contributed by atoms with Crippen LogP contribution in [-0.4, -0.2) is 19.9 Å². The number of allylic oxidation sites excluding steroid dienone is 2. The van der Waals surface area contributed by atoms with E-state index < -0.39 is 0 Å². The minimum atomic E-state index is 0.688. The number of ether oxygens (including phenoxy) is 2. The molecule has 3 heteroatoms. The summed E-state index contributed by atoms with van der Waals surface area (Å²) in [6.07, 6.45) is 17.5. The summed E-state index contributed by atoms with van der Waals surface area (Å²) in [6, 6.07) is 26.2. The first-order valence-electron chi connectivity index (χ1n) is 18.1. The van der Waals surface area contributed by atoms with Crippen LogP contribution < -0.4 is 10.0 Å². The van der Waals surface area contributed by atoms with Crippen molar-refractivity contribution in [3.63, 3.8) is 0 Å². The van der Waals surface area contributed by atoms with Gasteiger partial charge in [0, 0.05) is 5.56 Å². The van der Waals surface area contributed by atoms with E-state index in [9.17, 15) is 0 Å². The molecule has 0 heterocycles. The Labute approximate surface area is 289 Å². The molecule has 0 fully saturated rings. The first kappa shape index (κ1) is 38.4. The average molecular weight is 653 g/mol. The summed E-state index contributed by atoms with van der Waals surface area (Å²) in [5.41, 5.74) is 7.73. The molecule has 0 aliphatic heterocycles. The Morgan fingerprint density at radius 1 is 0.766 bits per heavy atom. The van der Waals surface area contributed by atoms with Crippen molar-refractivity contribution in [3.8, 4) is 5.75 Å². The minimum Gasteiger partial charge on any atom is -0.497 e. The van der Waals surface area contributed by atoms with Gasteiger partial charge in [0.15, 0.2) is 0 Å². The second-order valence-corrected chi connectivity index (χ2v) is 14.5. The topological polar surface area (TPSA) is 18.5 Å². The molecular weight excluding hydrogens is 591 g/mol. The molecule has 254 valence electrons. The van der Waals surface area contributed by atoms with Crippen molar-refractivity contribution < 1.29 is 9.47 Å². The van der Waals surface area contributed by atoms with Gasteiger partial charge >= 0.3 is 0 Å². The van der Waals surface area contributed by atoms with Crippen molar-refractivity contribution in [2.75, 3.05) is 19.9 Å². The average Bonchev–Trinajstić information content (AvgIpc) is 3.10. The van der Waals surface area contributed by atoms with Crippen LogP contribution >= 0.6 is 8.58 Å². The number of aryl methyl sites for hydroxylation is 2. The van der Waals surface area contributed by atoms with Gasteiger partial charge in [-0.05, 0) is 122 Å². The van der Waals surface area contributed by atoms with Crippen LogP contribution in [0, 0.1) is 5.92 Å². The predicted octanol–water partition coefficient (Wildman–Crippen LogP) is 12.4. The second-order valence-electron chi connectivity index (χ2n) is 13.1. The van der Waals surface area contributed by atoms with Gasteiger partial charge in [0.1, 0.15) is 11.5 Å². The zero-order chi connectivity index (χ0) is 33.7. The van der Waals surface area contributed by atoms with Gasteiger partial charge in [0.05, 0.1) is 13.7 Å². The van der Waals surface area contributed by atoms with Gasteiger partial charge in [-0.25, -0.2) is 0 Å². The summed E-state index contributed by atoms with van der Waals surface area (Å²) < 4.78 is 11.5. The smallest absolute Gasteiger partial charge is 0.119 e. The van der Waals surface area contributed by atoms with Crippen LogP contribution in [0.3, 0.4) is 0 Å². The van der Waals surface area contributed by atoms with E-state index >= 15 is 0 Å². The molecule has 47 heavy (non-hydrogen) atoms. The quantitative estimate of drug-likeness (QED) is 0.0392. The van der Waals surface area contributed by atoms with Crippen molar-refractivity contribution in [2.45, 2.75) is 104 Å². The molecule has 0 spiro atoms. The Balaban J connectivity index is 1.47. The van der Waals surface area contributed by atoms with Crippen LogP contribution in [0.2, 0.25) is 0 Å². The molecular formula is C44H61O2P. The first-order chi connectivity index (χ1) is 22.9. The van der Waals surface area contributed by atoms with E-state index in [0.717, 1.165) is 77.9 Å². The Hall–Kier alpha value is -3.09. The predicted molar refractivity (Wildman–Crippen MR) is 210 cm³/mol. The highest BCUT2D eigenvalue weighted by Gasteiger charge is 2.14. The first-order valence-corrected chi connectivity index (χ1v) is 19.4. The fraction of sp³-hybridized carbons (Fsp3) is 0.455. The van der Waals surface area contributed by atoms with Crippen LogP contribution in [-0.2, 0) is 17.6 Å². The number of methoxy groups -OCH3 is 1. The highest BCUT2D eigenvalue weighted by atomic mass is 31.1. The SMILES string of the molecule is C=C(CCC)CC(CCCC)CCC(=C)c1cc(C(=C)OC)ccc1CCCCc1ccc(OCCCCPc2ccccc2)cc1. The number of unbranched alkanes of at least 4 members (excludes halogenated alkanes) is 3. The van der Waals surface area contributed by atoms with E-state index in [0.29, 0.717) is 11.7 Å². The van der Waals surface area contributed by atoms with Crippen LogP contribution in [0.15, 0.2) is 98.1 Å². The summed E-state index contributed by atoms with van der Waals surface area (Å²) in [6.45, 7) is 18.4. The molecule has 0 aliphatic carbocycles. The highest BCUT2D eigenvalue weighted by Crippen LogP contribution is 2.32. The van der Waals surface area contributed by atoms with E-state index in [1.165, 1.54) is 77.8 Å². The van der Waals surface area contributed by atoms with Crippen LogP contribution in [0.25, 0.3) is 11.3 Å². The van der Waals surface area contributed by atoms with Gasteiger partial charge in [-0.2, -0.15) is 0 Å². The van der Waals surface area contributed by atoms with Gasteiger partial charge in [0.2, 0.25) is 0 Å². The molecule has 0 saturated carbocycles. The molecule has 3 aromatic carbocycles. The van der Waals surface area contributed by atoms with Gasteiger partial charge in [-0.15, -0.1) is 0 Å². The van der Waals surface area contributed by atoms with E-state index in [-0.39, 0.29) is 0 Å². The lowest BCUT2D eigenvalue weighted by molar-refractivity contribution is 0.309. The standard InChI is InChI=1S/C44H61O2P/c1-7-9-18-39(33-35(3)17-8-2)24-23-36(4)44-34-41(37(5)45-6)28-27-40(44)20-14-13-19-38-25-29-42(30-26-38)46-31-15-16-32-47-43-21-11-10-12-22-43/h10-12,21-22,25-30,34,39,47H,3-5,7-9,13-20,23-24,31-33H2,1-2,6H3. The van der Waals surface area contributed by atoms with Crippen LogP contribution in [0.4, 0.5) is 0 Å². The van der Waals surface area contributed by atoms with Crippen LogP contribution in [0.1, 0.15) is 113 Å². The molecule has 0 aliphatic rings. The summed E-state index contributed by atoms with van der Waals surface area (Å²) in [7, 11) is 2.59. The molecule has 0 bridgehead atoms. The minimum absolute atomic E-state index is 0.688. The molecule has 0 radical (unpaired) electrons. The highest BCUT2D eigenvalue weighted by molar-refractivity contribution is 7.47. The summed E-state index contributed by atoms with van der Waals surface area (Å²) >= 11 is 0. The number of rotatable bonds is 25. The summed E-state index contributed by atoms with van der Waals surface area (Å²) in [4.78, 5) is 0. The van der Waals surface area contributed by atoms with Crippen molar-refractivity contribution in [1.29, 1.82) is 0 Å². The van der Waals surface area contributed by atoms with Crippen molar-refractivity contribution in [3.05, 3.63) is 120 Å². The third-order valence-electron chi connectivity index (χ3n) is 9.09. The fourth-order valence-corrected chi connectivity index (χ4v) is 7.38. The maximum atomic E-state index is 6.03. The lowest BCUT2D eigenvalue weighted by atomic mass is 9.85. The number of benzene rings is 3.